The summed E-state index contributed by atoms with van der Waals surface area (Å²) >= 11 is 0. The van der Waals surface area contributed by atoms with E-state index in [9.17, 15) is 28.9 Å². The molecule has 0 heterocycles. The molecule has 0 fully saturated rings. The van der Waals surface area contributed by atoms with Gasteiger partial charge in [0.25, 0.3) is 0 Å². The Hall–Kier alpha value is -3.98. The van der Waals surface area contributed by atoms with Crippen LogP contribution < -0.4 is 10.6 Å². The van der Waals surface area contributed by atoms with Gasteiger partial charge in [0.1, 0.15) is 18.4 Å². The number of hydrogen-bond acceptors (Lipinski definition) is 6. The third-order valence-corrected chi connectivity index (χ3v) is 8.18. The molecule has 3 aromatic rings. The third kappa shape index (κ3) is 10.2. The number of benzene rings is 3. The summed E-state index contributed by atoms with van der Waals surface area (Å²) in [6.45, 7) is 3.18. The molecule has 0 spiro atoms. The summed E-state index contributed by atoms with van der Waals surface area (Å²) in [6, 6.07) is 25.3. The smallest absolute Gasteiger partial charge is 0.408 e. The molecular weight excluding hydrogens is 547 g/mol. The van der Waals surface area contributed by atoms with Crippen LogP contribution in [-0.2, 0) is 42.9 Å². The van der Waals surface area contributed by atoms with Gasteiger partial charge in [0.15, 0.2) is 6.10 Å². The average molecular weight is 583 g/mol. The monoisotopic (exact) mass is 582 g/mol. The fourth-order valence-electron chi connectivity index (χ4n) is 4.08. The molecule has 4 N–H and O–H groups in total. The summed E-state index contributed by atoms with van der Waals surface area (Å²) in [5.74, 6) is -4.24. The maximum absolute atomic E-state index is 13.4. The van der Waals surface area contributed by atoms with Gasteiger partial charge >= 0.3 is 19.7 Å². The van der Waals surface area contributed by atoms with Crippen molar-refractivity contribution in [3.05, 3.63) is 108 Å². The predicted octanol–water partition coefficient (Wildman–Crippen LogP) is 4.52. The van der Waals surface area contributed by atoms with E-state index in [0.717, 1.165) is 11.1 Å². The summed E-state index contributed by atoms with van der Waals surface area (Å²) < 4.78 is 24.0. The minimum Gasteiger partial charge on any atom is -0.479 e. The highest BCUT2D eigenvalue weighted by molar-refractivity contribution is 7.53. The van der Waals surface area contributed by atoms with Crippen molar-refractivity contribution >= 4 is 25.6 Å². The van der Waals surface area contributed by atoms with E-state index in [0.29, 0.717) is 5.56 Å². The standard InChI is InChI=1S/C30H35N2O8P/c1-21(2)28(41(37,38)40-26(29(34)35)19-23-14-8-4-9-15-23)32-27(33)25(18-22-12-6-3-7-13-22)31-30(36)39-20-24-16-10-5-11-17-24/h3-17,21,25-26,28H,18-20H2,1-2H3,(H,31,36)(H,32,33)(H,34,35)(H,37,38)/t25-,26-,28+/m0/s1. The molecule has 3 rings (SSSR count). The van der Waals surface area contributed by atoms with Gasteiger partial charge in [-0.1, -0.05) is 105 Å². The Bertz CT molecular complexity index is 1320. The summed E-state index contributed by atoms with van der Waals surface area (Å²) in [4.78, 5) is 48.9. The molecule has 0 aliphatic carbocycles. The molecule has 0 radical (unpaired) electrons. The molecule has 1 unspecified atom stereocenters. The number of carboxylic acids is 1. The fourth-order valence-corrected chi connectivity index (χ4v) is 5.79. The molecular formula is C30H35N2O8P. The lowest BCUT2D eigenvalue weighted by molar-refractivity contribution is -0.145. The van der Waals surface area contributed by atoms with Crippen molar-refractivity contribution in [2.45, 2.75) is 51.2 Å². The Morgan fingerprint density at radius 2 is 1.27 bits per heavy atom. The van der Waals surface area contributed by atoms with Crippen LogP contribution in [-0.4, -0.2) is 45.9 Å². The fraction of sp³-hybridized carbons (Fsp3) is 0.300. The Kier molecular flexibility index (Phi) is 11.6. The molecule has 0 saturated carbocycles. The van der Waals surface area contributed by atoms with Crippen LogP contribution in [0.1, 0.15) is 30.5 Å². The van der Waals surface area contributed by atoms with Crippen LogP contribution in [0.25, 0.3) is 0 Å². The zero-order chi connectivity index (χ0) is 29.8. The van der Waals surface area contributed by atoms with Gasteiger partial charge in [-0.15, -0.1) is 0 Å². The molecule has 218 valence electrons. The molecule has 0 saturated heterocycles. The van der Waals surface area contributed by atoms with E-state index in [2.05, 4.69) is 10.6 Å². The van der Waals surface area contributed by atoms with Gasteiger partial charge in [0, 0.05) is 12.8 Å². The van der Waals surface area contributed by atoms with Gasteiger partial charge in [0.2, 0.25) is 5.91 Å². The number of carboxylic acid groups (broad SMARTS) is 1. The van der Waals surface area contributed by atoms with E-state index in [-0.39, 0.29) is 19.4 Å². The van der Waals surface area contributed by atoms with Crippen LogP contribution >= 0.6 is 7.60 Å². The molecule has 0 bridgehead atoms. The second-order valence-electron chi connectivity index (χ2n) is 9.83. The first-order valence-electron chi connectivity index (χ1n) is 13.1. The largest absolute Gasteiger partial charge is 0.479 e. The zero-order valence-electron chi connectivity index (χ0n) is 22.9. The lowest BCUT2D eigenvalue weighted by Gasteiger charge is -2.30. The molecule has 0 aliphatic rings. The average Bonchev–Trinajstić information content (AvgIpc) is 2.95. The summed E-state index contributed by atoms with van der Waals surface area (Å²) in [5.41, 5.74) is 2.09. The second-order valence-corrected chi connectivity index (χ2v) is 11.7. The first-order chi connectivity index (χ1) is 19.5. The van der Waals surface area contributed by atoms with Crippen molar-refractivity contribution in [3.8, 4) is 0 Å². The van der Waals surface area contributed by atoms with Gasteiger partial charge in [-0.3, -0.25) is 13.9 Å². The van der Waals surface area contributed by atoms with Gasteiger partial charge < -0.3 is 25.4 Å². The van der Waals surface area contributed by atoms with Crippen molar-refractivity contribution in [2.75, 3.05) is 0 Å². The van der Waals surface area contributed by atoms with Crippen LogP contribution in [0, 0.1) is 5.92 Å². The Labute approximate surface area is 239 Å². The van der Waals surface area contributed by atoms with Gasteiger partial charge in [-0.25, -0.2) is 9.59 Å². The highest BCUT2D eigenvalue weighted by Crippen LogP contribution is 2.50. The Morgan fingerprint density at radius 1 is 0.780 bits per heavy atom. The van der Waals surface area contributed by atoms with Crippen LogP contribution in [0.3, 0.4) is 0 Å². The highest BCUT2D eigenvalue weighted by atomic mass is 31.2. The number of nitrogens with one attached hydrogen (secondary N) is 2. The molecule has 0 aromatic heterocycles. The third-order valence-electron chi connectivity index (χ3n) is 6.19. The lowest BCUT2D eigenvalue weighted by Crippen LogP contribution is -2.52. The van der Waals surface area contributed by atoms with E-state index in [4.69, 9.17) is 9.26 Å². The topological polar surface area (TPSA) is 151 Å². The summed E-state index contributed by atoms with van der Waals surface area (Å²) in [5, 5.41) is 14.7. The Balaban J connectivity index is 1.75. The zero-order valence-corrected chi connectivity index (χ0v) is 23.8. The van der Waals surface area contributed by atoms with Crippen LogP contribution in [0.5, 0.6) is 0 Å². The predicted molar refractivity (Wildman–Crippen MR) is 153 cm³/mol. The summed E-state index contributed by atoms with van der Waals surface area (Å²) in [6.07, 6.45) is -2.55. The van der Waals surface area contributed by atoms with E-state index < -0.39 is 49.4 Å². The molecule has 2 amide bonds. The number of amides is 2. The van der Waals surface area contributed by atoms with E-state index >= 15 is 0 Å². The number of carbonyl (C=O) groups is 3. The second kappa shape index (κ2) is 15.1. The van der Waals surface area contributed by atoms with E-state index in [1.165, 1.54) is 0 Å². The first kappa shape index (κ1) is 31.5. The molecule has 10 nitrogen and oxygen atoms in total. The maximum Gasteiger partial charge on any atom is 0.408 e. The quantitative estimate of drug-likeness (QED) is 0.203. The number of aliphatic carboxylic acids is 1. The number of carbonyl (C=O) groups excluding carboxylic acids is 2. The normalized spacial score (nSPS) is 14.7. The number of hydrogen-bond donors (Lipinski definition) is 4. The maximum atomic E-state index is 13.4. The van der Waals surface area contributed by atoms with Gasteiger partial charge in [-0.05, 0) is 22.6 Å². The molecule has 11 heteroatoms. The van der Waals surface area contributed by atoms with E-state index in [1.54, 1.807) is 92.7 Å². The minimum atomic E-state index is -4.73. The molecule has 3 aromatic carbocycles. The minimum absolute atomic E-state index is 0.0152. The van der Waals surface area contributed by atoms with Crippen molar-refractivity contribution in [1.82, 2.24) is 10.6 Å². The summed E-state index contributed by atoms with van der Waals surface area (Å²) in [7, 11) is -4.73. The van der Waals surface area contributed by atoms with Crippen molar-refractivity contribution in [1.29, 1.82) is 0 Å². The van der Waals surface area contributed by atoms with Crippen molar-refractivity contribution < 1.29 is 38.2 Å². The number of ether oxygens (including phenoxy) is 1. The van der Waals surface area contributed by atoms with Crippen molar-refractivity contribution in [3.63, 3.8) is 0 Å². The number of rotatable bonds is 14. The Morgan fingerprint density at radius 3 is 1.76 bits per heavy atom. The van der Waals surface area contributed by atoms with Gasteiger partial charge in [-0.2, -0.15) is 0 Å². The molecule has 41 heavy (non-hydrogen) atoms. The molecule has 4 atom stereocenters. The highest BCUT2D eigenvalue weighted by Gasteiger charge is 2.41. The first-order valence-corrected chi connectivity index (χ1v) is 14.8. The van der Waals surface area contributed by atoms with Crippen molar-refractivity contribution in [2.24, 2.45) is 5.92 Å². The number of alkyl carbamates (subject to hydrolysis) is 1. The van der Waals surface area contributed by atoms with Crippen LogP contribution in [0.2, 0.25) is 0 Å². The van der Waals surface area contributed by atoms with E-state index in [1.807, 2.05) is 12.1 Å². The van der Waals surface area contributed by atoms with Crippen LogP contribution in [0.15, 0.2) is 91.0 Å². The molecule has 0 aliphatic heterocycles. The SMILES string of the molecule is CC(C)[C@H](NC(=O)[C@H](Cc1ccccc1)NC(=O)OCc1ccccc1)P(=O)(O)O[C@@H](Cc1ccccc1)C(=O)O. The van der Waals surface area contributed by atoms with Crippen LogP contribution in [0.4, 0.5) is 4.79 Å². The van der Waals surface area contributed by atoms with Gasteiger partial charge in [0.05, 0.1) is 0 Å². The lowest BCUT2D eigenvalue weighted by atomic mass is 10.1.